The zero-order chi connectivity index (χ0) is 22.4. The Kier molecular flexibility index (Phi) is 7.02. The molecule has 0 aliphatic carbocycles. The number of aromatic nitrogens is 1. The smallest absolute Gasteiger partial charge is 0.265 e. The number of hydrogen-bond acceptors (Lipinski definition) is 6. The van der Waals surface area contributed by atoms with E-state index in [4.69, 9.17) is 9.47 Å². The minimum absolute atomic E-state index is 0.148. The SMILES string of the molecule is CCN(c1ccccc1)S(=O)(=O)c1ccc(N(C)Cc2cccc(OC)c2OC)nc1. The van der Waals surface area contributed by atoms with Crippen molar-refractivity contribution in [3.05, 3.63) is 72.4 Å². The van der Waals surface area contributed by atoms with Crippen LogP contribution in [0.2, 0.25) is 0 Å². The first-order chi connectivity index (χ1) is 14.9. The van der Waals surface area contributed by atoms with Crippen LogP contribution in [0.4, 0.5) is 11.5 Å². The van der Waals surface area contributed by atoms with Gasteiger partial charge in [0.2, 0.25) is 0 Å². The lowest BCUT2D eigenvalue weighted by molar-refractivity contribution is 0.351. The highest BCUT2D eigenvalue weighted by Gasteiger charge is 2.24. The van der Waals surface area contributed by atoms with Crippen LogP contribution in [0, 0.1) is 0 Å². The fourth-order valence-corrected chi connectivity index (χ4v) is 4.80. The summed E-state index contributed by atoms with van der Waals surface area (Å²) >= 11 is 0. The largest absolute Gasteiger partial charge is 0.493 e. The molecule has 3 aromatic rings. The van der Waals surface area contributed by atoms with Gasteiger partial charge in [-0.2, -0.15) is 0 Å². The summed E-state index contributed by atoms with van der Waals surface area (Å²) < 4.78 is 38.5. The Morgan fingerprint density at radius 3 is 2.26 bits per heavy atom. The van der Waals surface area contributed by atoms with Crippen LogP contribution in [0.1, 0.15) is 12.5 Å². The number of benzene rings is 2. The van der Waals surface area contributed by atoms with Gasteiger partial charge in [-0.05, 0) is 37.3 Å². The second-order valence-electron chi connectivity index (χ2n) is 6.87. The third-order valence-corrected chi connectivity index (χ3v) is 6.81. The van der Waals surface area contributed by atoms with E-state index in [1.54, 1.807) is 38.5 Å². The topological polar surface area (TPSA) is 72.0 Å². The predicted octanol–water partition coefficient (Wildman–Crippen LogP) is 3.95. The molecule has 0 atom stereocenters. The molecule has 8 heteroatoms. The molecule has 0 saturated carbocycles. The Morgan fingerprint density at radius 2 is 1.68 bits per heavy atom. The van der Waals surface area contributed by atoms with Crippen molar-refractivity contribution in [2.24, 2.45) is 0 Å². The van der Waals surface area contributed by atoms with Gasteiger partial charge in [-0.1, -0.05) is 30.3 Å². The summed E-state index contributed by atoms with van der Waals surface area (Å²) in [5.41, 5.74) is 1.56. The fourth-order valence-electron chi connectivity index (χ4n) is 3.38. The van der Waals surface area contributed by atoms with Crippen LogP contribution in [0.15, 0.2) is 71.8 Å². The third-order valence-electron chi connectivity index (χ3n) is 4.92. The summed E-state index contributed by atoms with van der Waals surface area (Å²) in [6.45, 7) is 2.65. The normalized spacial score (nSPS) is 11.1. The van der Waals surface area contributed by atoms with Crippen molar-refractivity contribution in [1.29, 1.82) is 0 Å². The molecule has 0 unspecified atom stereocenters. The van der Waals surface area contributed by atoms with Crippen molar-refractivity contribution >= 4 is 21.5 Å². The second kappa shape index (κ2) is 9.70. The Morgan fingerprint density at radius 1 is 0.935 bits per heavy atom. The maximum atomic E-state index is 13.1. The maximum Gasteiger partial charge on any atom is 0.265 e. The van der Waals surface area contributed by atoms with E-state index in [1.165, 1.54) is 10.5 Å². The van der Waals surface area contributed by atoms with Crippen molar-refractivity contribution < 1.29 is 17.9 Å². The second-order valence-corrected chi connectivity index (χ2v) is 8.73. The Hall–Kier alpha value is -3.26. The molecule has 0 fully saturated rings. The summed E-state index contributed by atoms with van der Waals surface area (Å²) in [5.74, 6) is 1.97. The van der Waals surface area contributed by atoms with E-state index in [9.17, 15) is 8.42 Å². The number of ether oxygens (including phenoxy) is 2. The highest BCUT2D eigenvalue weighted by atomic mass is 32.2. The van der Waals surface area contributed by atoms with E-state index in [-0.39, 0.29) is 4.90 Å². The summed E-state index contributed by atoms with van der Waals surface area (Å²) in [6, 6.07) is 18.0. The van der Waals surface area contributed by atoms with E-state index in [2.05, 4.69) is 4.98 Å². The lowest BCUT2D eigenvalue weighted by atomic mass is 10.1. The van der Waals surface area contributed by atoms with Crippen molar-refractivity contribution in [1.82, 2.24) is 4.98 Å². The van der Waals surface area contributed by atoms with Gasteiger partial charge >= 0.3 is 0 Å². The van der Waals surface area contributed by atoms with Gasteiger partial charge in [-0.3, -0.25) is 4.31 Å². The van der Waals surface area contributed by atoms with Gasteiger partial charge in [0.05, 0.1) is 19.9 Å². The zero-order valence-electron chi connectivity index (χ0n) is 18.1. The highest BCUT2D eigenvalue weighted by molar-refractivity contribution is 7.92. The van der Waals surface area contributed by atoms with Crippen molar-refractivity contribution in [3.63, 3.8) is 0 Å². The van der Waals surface area contributed by atoms with Crippen LogP contribution in [-0.2, 0) is 16.6 Å². The molecule has 0 spiro atoms. The molecule has 1 heterocycles. The molecule has 0 aliphatic rings. The summed E-state index contributed by atoms with van der Waals surface area (Å²) in [5, 5.41) is 0. The number of methoxy groups -OCH3 is 2. The van der Waals surface area contributed by atoms with Gasteiger partial charge in [0.15, 0.2) is 11.5 Å². The van der Waals surface area contributed by atoms with Gasteiger partial charge in [0, 0.05) is 31.9 Å². The Labute approximate surface area is 183 Å². The lowest BCUT2D eigenvalue weighted by Crippen LogP contribution is -2.30. The van der Waals surface area contributed by atoms with Gasteiger partial charge in [-0.15, -0.1) is 0 Å². The van der Waals surface area contributed by atoms with Crippen LogP contribution in [0.25, 0.3) is 0 Å². The molecule has 0 saturated heterocycles. The summed E-state index contributed by atoms with van der Waals surface area (Å²) in [4.78, 5) is 6.46. The molecule has 2 aromatic carbocycles. The number of rotatable bonds is 9. The summed E-state index contributed by atoms with van der Waals surface area (Å²) in [6.07, 6.45) is 1.40. The number of nitrogens with zero attached hydrogens (tertiary/aromatic N) is 3. The Balaban J connectivity index is 1.83. The van der Waals surface area contributed by atoms with Gasteiger partial charge in [0.25, 0.3) is 10.0 Å². The fraction of sp³-hybridized carbons (Fsp3) is 0.261. The van der Waals surface area contributed by atoms with Crippen LogP contribution in [-0.4, -0.2) is 41.2 Å². The first-order valence-corrected chi connectivity index (χ1v) is 11.3. The zero-order valence-corrected chi connectivity index (χ0v) is 19.0. The predicted molar refractivity (Wildman–Crippen MR) is 123 cm³/mol. The quantitative estimate of drug-likeness (QED) is 0.501. The average molecular weight is 442 g/mol. The minimum Gasteiger partial charge on any atom is -0.493 e. The molecular formula is C23H27N3O4S. The van der Waals surface area contributed by atoms with Crippen LogP contribution in [0.3, 0.4) is 0 Å². The van der Waals surface area contributed by atoms with Crippen molar-refractivity contribution in [2.45, 2.75) is 18.4 Å². The molecule has 164 valence electrons. The van der Waals surface area contributed by atoms with E-state index < -0.39 is 10.0 Å². The number of para-hydroxylation sites is 2. The van der Waals surface area contributed by atoms with E-state index in [0.29, 0.717) is 36.1 Å². The number of pyridine rings is 1. The van der Waals surface area contributed by atoms with Crippen LogP contribution in [0.5, 0.6) is 11.5 Å². The molecule has 1 aromatic heterocycles. The molecule has 0 N–H and O–H groups in total. The molecule has 7 nitrogen and oxygen atoms in total. The molecule has 0 amide bonds. The molecule has 0 radical (unpaired) electrons. The maximum absolute atomic E-state index is 13.1. The van der Waals surface area contributed by atoms with Crippen molar-refractivity contribution in [2.75, 3.05) is 37.0 Å². The highest BCUT2D eigenvalue weighted by Crippen LogP contribution is 2.32. The van der Waals surface area contributed by atoms with Crippen LogP contribution >= 0.6 is 0 Å². The summed E-state index contributed by atoms with van der Waals surface area (Å²) in [7, 11) is 1.38. The van der Waals surface area contributed by atoms with E-state index in [0.717, 1.165) is 5.56 Å². The Bertz CT molecular complexity index is 1100. The molecule has 31 heavy (non-hydrogen) atoms. The first-order valence-electron chi connectivity index (χ1n) is 9.87. The standard InChI is InChI=1S/C23H27N3O4S/c1-5-26(19-11-7-6-8-12-19)31(27,28)20-14-15-22(24-16-20)25(2)17-18-10-9-13-21(29-3)23(18)30-4/h6-16H,5,17H2,1-4H3. The molecule has 0 bridgehead atoms. The van der Waals surface area contributed by atoms with Gasteiger partial charge in [0.1, 0.15) is 10.7 Å². The first kappa shape index (κ1) is 22.4. The van der Waals surface area contributed by atoms with Crippen LogP contribution < -0.4 is 18.7 Å². The van der Waals surface area contributed by atoms with Gasteiger partial charge < -0.3 is 14.4 Å². The molecule has 0 aliphatic heterocycles. The molecule has 3 rings (SSSR count). The molecular weight excluding hydrogens is 414 g/mol. The number of sulfonamides is 1. The van der Waals surface area contributed by atoms with E-state index in [1.807, 2.05) is 55.3 Å². The monoisotopic (exact) mass is 441 g/mol. The van der Waals surface area contributed by atoms with Gasteiger partial charge in [-0.25, -0.2) is 13.4 Å². The number of anilines is 2. The third kappa shape index (κ3) is 4.74. The lowest BCUT2D eigenvalue weighted by Gasteiger charge is -2.24. The minimum atomic E-state index is -3.71. The average Bonchev–Trinajstić information content (AvgIpc) is 2.80. The van der Waals surface area contributed by atoms with Crippen molar-refractivity contribution in [3.8, 4) is 11.5 Å². The number of hydrogen-bond donors (Lipinski definition) is 0. The van der Waals surface area contributed by atoms with E-state index >= 15 is 0 Å².